The molecule has 0 aliphatic heterocycles. The average Bonchev–Trinajstić information content (AvgIpc) is 2.69. The molecule has 0 saturated carbocycles. The van der Waals surface area contributed by atoms with E-state index < -0.39 is 0 Å². The van der Waals surface area contributed by atoms with Crippen LogP contribution in [-0.4, -0.2) is 4.98 Å². The first-order valence-corrected chi connectivity index (χ1v) is 9.03. The Bertz CT molecular complexity index is 1020. The Morgan fingerprint density at radius 1 is 0.923 bits per heavy atom. The predicted molar refractivity (Wildman–Crippen MR) is 109 cm³/mol. The van der Waals surface area contributed by atoms with Gasteiger partial charge in [0.25, 0.3) is 0 Å². The van der Waals surface area contributed by atoms with Gasteiger partial charge in [0.15, 0.2) is 0 Å². The summed E-state index contributed by atoms with van der Waals surface area (Å²) in [5.74, 6) is 1.55. The molecule has 0 bridgehead atoms. The second kappa shape index (κ2) is 7.59. The summed E-state index contributed by atoms with van der Waals surface area (Å²) in [7, 11) is 0. The third kappa shape index (κ3) is 3.87. The lowest BCUT2D eigenvalue weighted by Crippen LogP contribution is -1.87. The van der Waals surface area contributed by atoms with Gasteiger partial charge in [-0.15, -0.1) is 0 Å². The fourth-order valence-electron chi connectivity index (χ4n) is 2.95. The van der Waals surface area contributed by atoms with E-state index in [0.29, 0.717) is 5.02 Å². The van der Waals surface area contributed by atoms with Crippen LogP contribution < -0.4 is 4.74 Å². The van der Waals surface area contributed by atoms with Crippen LogP contribution in [-0.2, 0) is 0 Å². The molecule has 1 aromatic heterocycles. The summed E-state index contributed by atoms with van der Waals surface area (Å²) in [6.07, 6.45) is 14.9. The van der Waals surface area contributed by atoms with Crippen molar-refractivity contribution in [2.75, 3.05) is 0 Å². The van der Waals surface area contributed by atoms with Gasteiger partial charge in [-0.25, -0.2) is 0 Å². The molecule has 128 valence electrons. The van der Waals surface area contributed by atoms with E-state index in [2.05, 4.69) is 41.4 Å². The van der Waals surface area contributed by atoms with Gasteiger partial charge in [0.05, 0.1) is 5.69 Å². The first-order valence-electron chi connectivity index (χ1n) is 8.65. The molecule has 0 saturated heterocycles. The third-order valence-electron chi connectivity index (χ3n) is 4.27. The van der Waals surface area contributed by atoms with Crippen molar-refractivity contribution in [1.29, 1.82) is 0 Å². The number of ether oxygens (including phenoxy) is 1. The maximum absolute atomic E-state index is 5.92. The third-order valence-corrected chi connectivity index (χ3v) is 4.53. The van der Waals surface area contributed by atoms with Gasteiger partial charge in [-0.1, -0.05) is 35.9 Å². The van der Waals surface area contributed by atoms with Crippen molar-refractivity contribution in [2.45, 2.75) is 12.8 Å². The fraction of sp³-hybridized carbons (Fsp3) is 0.0870. The van der Waals surface area contributed by atoms with Gasteiger partial charge < -0.3 is 4.74 Å². The molecule has 0 fully saturated rings. The molecule has 26 heavy (non-hydrogen) atoms. The Labute approximate surface area is 158 Å². The van der Waals surface area contributed by atoms with Crippen molar-refractivity contribution >= 4 is 28.4 Å². The first kappa shape index (κ1) is 16.6. The number of aromatic nitrogens is 1. The summed E-state index contributed by atoms with van der Waals surface area (Å²) in [5.41, 5.74) is 2.19. The van der Waals surface area contributed by atoms with Gasteiger partial charge in [-0.05, 0) is 78.4 Å². The van der Waals surface area contributed by atoms with Crippen LogP contribution in [0.2, 0.25) is 5.02 Å². The number of hydrogen-bond donors (Lipinski definition) is 0. The second-order valence-electron chi connectivity index (χ2n) is 6.15. The summed E-state index contributed by atoms with van der Waals surface area (Å²) >= 11 is 5.92. The Kier molecular flexibility index (Phi) is 4.85. The van der Waals surface area contributed by atoms with Crippen molar-refractivity contribution < 1.29 is 4.74 Å². The first-order chi connectivity index (χ1) is 12.8. The molecule has 3 heteroatoms. The van der Waals surface area contributed by atoms with Crippen LogP contribution in [0.4, 0.5) is 0 Å². The van der Waals surface area contributed by atoms with E-state index in [1.165, 1.54) is 5.57 Å². The maximum Gasteiger partial charge on any atom is 0.128 e. The number of nitrogens with zero attached hydrogens (tertiary/aromatic N) is 1. The van der Waals surface area contributed by atoms with Crippen LogP contribution >= 0.6 is 11.6 Å². The highest BCUT2D eigenvalue weighted by molar-refractivity contribution is 6.30. The molecule has 0 radical (unpaired) electrons. The lowest BCUT2D eigenvalue weighted by molar-refractivity contribution is 0.483. The zero-order valence-electron chi connectivity index (χ0n) is 14.2. The predicted octanol–water partition coefficient (Wildman–Crippen LogP) is 6.97. The normalized spacial score (nSPS) is 14.0. The van der Waals surface area contributed by atoms with Crippen LogP contribution in [0, 0.1) is 0 Å². The van der Waals surface area contributed by atoms with Crippen LogP contribution in [0.1, 0.15) is 18.5 Å². The van der Waals surface area contributed by atoms with E-state index in [9.17, 15) is 0 Å². The highest BCUT2D eigenvalue weighted by Gasteiger charge is 2.04. The minimum Gasteiger partial charge on any atom is -0.457 e. The largest absolute Gasteiger partial charge is 0.457 e. The fourth-order valence-corrected chi connectivity index (χ4v) is 3.07. The van der Waals surface area contributed by atoms with Gasteiger partial charge in [-0.3, -0.25) is 4.98 Å². The van der Waals surface area contributed by atoms with Crippen LogP contribution in [0.5, 0.6) is 11.5 Å². The van der Waals surface area contributed by atoms with Gasteiger partial charge in [0.2, 0.25) is 0 Å². The second-order valence-corrected chi connectivity index (χ2v) is 6.59. The minimum atomic E-state index is 0.696. The van der Waals surface area contributed by atoms with E-state index in [1.54, 1.807) is 0 Å². The van der Waals surface area contributed by atoms with Crippen molar-refractivity contribution in [3.63, 3.8) is 0 Å². The van der Waals surface area contributed by atoms with Gasteiger partial charge >= 0.3 is 0 Å². The molecule has 0 amide bonds. The molecular formula is C23H18ClNO. The quantitative estimate of drug-likeness (QED) is 0.501. The Morgan fingerprint density at radius 2 is 1.77 bits per heavy atom. The summed E-state index contributed by atoms with van der Waals surface area (Å²) in [4.78, 5) is 4.52. The molecule has 0 atom stereocenters. The highest BCUT2D eigenvalue weighted by Crippen LogP contribution is 2.28. The molecule has 3 aromatic rings. The van der Waals surface area contributed by atoms with Crippen LogP contribution in [0.25, 0.3) is 16.8 Å². The summed E-state index contributed by atoms with van der Waals surface area (Å²) in [5, 5.41) is 2.90. The maximum atomic E-state index is 5.92. The smallest absolute Gasteiger partial charge is 0.128 e. The molecule has 1 aliphatic carbocycles. The summed E-state index contributed by atoms with van der Waals surface area (Å²) in [6, 6.07) is 15.4. The Morgan fingerprint density at radius 3 is 2.58 bits per heavy atom. The molecule has 0 unspecified atom stereocenters. The topological polar surface area (TPSA) is 22.1 Å². The average molecular weight is 360 g/mol. The van der Waals surface area contributed by atoms with E-state index >= 15 is 0 Å². The zero-order valence-corrected chi connectivity index (χ0v) is 15.0. The molecule has 2 aromatic carbocycles. The summed E-state index contributed by atoms with van der Waals surface area (Å²) in [6.45, 7) is 0. The number of hydrogen-bond acceptors (Lipinski definition) is 2. The minimum absolute atomic E-state index is 0.696. The molecule has 1 heterocycles. The SMILES string of the molecule is Clc1ccc(Oc2ccc3c(C=CC4=CCCC=C4)nccc3c2)cc1. The number of halogens is 1. The molecule has 1 aliphatic rings. The van der Waals surface area contributed by atoms with Gasteiger partial charge in [0, 0.05) is 16.6 Å². The lowest BCUT2D eigenvalue weighted by Gasteiger charge is -2.08. The van der Waals surface area contributed by atoms with E-state index in [-0.39, 0.29) is 0 Å². The number of benzene rings is 2. The number of rotatable bonds is 4. The summed E-state index contributed by atoms with van der Waals surface area (Å²) < 4.78 is 5.92. The van der Waals surface area contributed by atoms with Crippen molar-refractivity contribution in [2.24, 2.45) is 0 Å². The lowest BCUT2D eigenvalue weighted by atomic mass is 10.0. The monoisotopic (exact) mass is 359 g/mol. The van der Waals surface area contributed by atoms with E-state index in [0.717, 1.165) is 40.8 Å². The highest BCUT2D eigenvalue weighted by atomic mass is 35.5. The van der Waals surface area contributed by atoms with Crippen LogP contribution in [0.3, 0.4) is 0 Å². The van der Waals surface area contributed by atoms with E-state index in [4.69, 9.17) is 16.3 Å². The standard InChI is InChI=1S/C23H18ClNO/c24-19-7-9-20(10-8-19)26-21-11-12-22-18(16-21)14-15-25-23(22)13-6-17-4-2-1-3-5-17/h2,4-16H,1,3H2. The molecule has 0 spiro atoms. The Balaban J connectivity index is 1.61. The van der Waals surface area contributed by atoms with Crippen molar-refractivity contribution in [1.82, 2.24) is 4.98 Å². The van der Waals surface area contributed by atoms with Crippen molar-refractivity contribution in [3.05, 3.63) is 95.3 Å². The Hall–Kier alpha value is -2.84. The van der Waals surface area contributed by atoms with Gasteiger partial charge in [-0.2, -0.15) is 0 Å². The van der Waals surface area contributed by atoms with Gasteiger partial charge in [0.1, 0.15) is 11.5 Å². The van der Waals surface area contributed by atoms with Crippen LogP contribution in [0.15, 0.2) is 84.6 Å². The number of fused-ring (bicyclic) bond motifs is 1. The van der Waals surface area contributed by atoms with E-state index in [1.807, 2.05) is 48.7 Å². The molecule has 4 rings (SSSR count). The molecule has 0 N–H and O–H groups in total. The molecular weight excluding hydrogens is 342 g/mol. The molecule has 2 nitrogen and oxygen atoms in total. The zero-order chi connectivity index (χ0) is 17.8. The number of pyridine rings is 1. The van der Waals surface area contributed by atoms with Crippen molar-refractivity contribution in [3.8, 4) is 11.5 Å². The number of allylic oxidation sites excluding steroid dienone is 5.